The maximum absolute atomic E-state index is 11.2. The molecule has 0 aliphatic rings. The van der Waals surface area contributed by atoms with E-state index in [-0.39, 0.29) is 17.2 Å². The molecule has 0 amide bonds. The molecule has 13 heavy (non-hydrogen) atoms. The first-order valence-electron chi connectivity index (χ1n) is 4.39. The lowest BCUT2D eigenvalue weighted by Gasteiger charge is -2.07. The van der Waals surface area contributed by atoms with Crippen LogP contribution in [0.15, 0.2) is 15.3 Å². The number of aromatic hydroxyl groups is 1. The van der Waals surface area contributed by atoms with Crippen LogP contribution in [0.2, 0.25) is 0 Å². The van der Waals surface area contributed by atoms with Gasteiger partial charge < -0.3 is 9.52 Å². The minimum absolute atomic E-state index is 0.0200. The molecule has 1 atom stereocenters. The third-order valence-corrected chi connectivity index (χ3v) is 2.28. The second kappa shape index (κ2) is 3.64. The molecule has 1 unspecified atom stereocenters. The van der Waals surface area contributed by atoms with E-state index in [1.165, 1.54) is 6.07 Å². The van der Waals surface area contributed by atoms with Crippen molar-refractivity contribution in [2.75, 3.05) is 0 Å². The molecule has 1 aromatic rings. The lowest BCUT2D eigenvalue weighted by molar-refractivity contribution is 0.397. The molecule has 72 valence electrons. The van der Waals surface area contributed by atoms with E-state index >= 15 is 0 Å². The van der Waals surface area contributed by atoms with Gasteiger partial charge in [-0.15, -0.1) is 0 Å². The zero-order valence-electron chi connectivity index (χ0n) is 8.13. The van der Waals surface area contributed by atoms with E-state index in [9.17, 15) is 9.90 Å². The minimum atomic E-state index is -0.449. The van der Waals surface area contributed by atoms with Gasteiger partial charge in [-0.2, -0.15) is 0 Å². The Labute approximate surface area is 77.0 Å². The Bertz CT molecular complexity index is 352. The maximum atomic E-state index is 11.2. The van der Waals surface area contributed by atoms with Crippen LogP contribution in [0.3, 0.4) is 0 Å². The molecular formula is C10H14O3. The molecule has 3 nitrogen and oxygen atoms in total. The predicted molar refractivity (Wildman–Crippen MR) is 50.1 cm³/mol. The third kappa shape index (κ3) is 1.91. The van der Waals surface area contributed by atoms with Crippen molar-refractivity contribution in [2.45, 2.75) is 33.1 Å². The molecular weight excluding hydrogens is 168 g/mol. The Morgan fingerprint density at radius 3 is 2.69 bits per heavy atom. The van der Waals surface area contributed by atoms with Crippen LogP contribution in [0, 0.1) is 6.92 Å². The van der Waals surface area contributed by atoms with E-state index in [0.717, 1.165) is 6.42 Å². The summed E-state index contributed by atoms with van der Waals surface area (Å²) in [4.78, 5) is 11.2. The van der Waals surface area contributed by atoms with Crippen LogP contribution in [0.25, 0.3) is 0 Å². The molecule has 3 heteroatoms. The molecule has 1 heterocycles. The normalized spacial score (nSPS) is 12.8. The zero-order chi connectivity index (χ0) is 10.0. The summed E-state index contributed by atoms with van der Waals surface area (Å²) >= 11 is 0. The van der Waals surface area contributed by atoms with Gasteiger partial charge in [-0.05, 0) is 13.3 Å². The summed E-state index contributed by atoms with van der Waals surface area (Å²) in [6, 6.07) is 1.52. The number of hydrogen-bond donors (Lipinski definition) is 1. The second-order valence-corrected chi connectivity index (χ2v) is 3.26. The lowest BCUT2D eigenvalue weighted by Crippen LogP contribution is -2.06. The molecule has 0 fully saturated rings. The molecule has 1 aromatic heterocycles. The highest BCUT2D eigenvalue weighted by molar-refractivity contribution is 5.29. The summed E-state index contributed by atoms with van der Waals surface area (Å²) in [6.45, 7) is 5.50. The summed E-state index contributed by atoms with van der Waals surface area (Å²) < 4.78 is 5.03. The van der Waals surface area contributed by atoms with Crippen molar-refractivity contribution in [2.24, 2.45) is 0 Å². The molecule has 0 saturated heterocycles. The van der Waals surface area contributed by atoms with E-state index < -0.39 is 5.63 Å². The van der Waals surface area contributed by atoms with Crippen LogP contribution in [0.5, 0.6) is 5.75 Å². The van der Waals surface area contributed by atoms with Gasteiger partial charge in [0.05, 0.1) is 5.56 Å². The van der Waals surface area contributed by atoms with E-state index in [4.69, 9.17) is 4.42 Å². The van der Waals surface area contributed by atoms with Gasteiger partial charge in [-0.3, -0.25) is 0 Å². The first-order chi connectivity index (χ1) is 6.06. The van der Waals surface area contributed by atoms with Crippen LogP contribution in [-0.2, 0) is 0 Å². The highest BCUT2D eigenvalue weighted by Crippen LogP contribution is 2.22. The van der Waals surface area contributed by atoms with Crippen molar-refractivity contribution < 1.29 is 9.52 Å². The van der Waals surface area contributed by atoms with E-state index in [1.807, 2.05) is 13.8 Å². The fourth-order valence-corrected chi connectivity index (χ4v) is 1.00. The van der Waals surface area contributed by atoms with E-state index in [0.29, 0.717) is 5.76 Å². The molecule has 1 N–H and O–H groups in total. The van der Waals surface area contributed by atoms with Crippen molar-refractivity contribution in [3.63, 3.8) is 0 Å². The smallest absolute Gasteiger partial charge is 0.342 e. The monoisotopic (exact) mass is 182 g/mol. The molecule has 0 aliphatic heterocycles. The Morgan fingerprint density at radius 1 is 1.62 bits per heavy atom. The van der Waals surface area contributed by atoms with Gasteiger partial charge in [0.25, 0.3) is 0 Å². The standard InChI is InChI=1S/C10H14O3/c1-4-6(2)9-5-8(11)7(3)10(12)13-9/h5-6,11H,4H2,1-3H3. The van der Waals surface area contributed by atoms with Crippen molar-refractivity contribution >= 4 is 0 Å². The molecule has 0 radical (unpaired) electrons. The Hall–Kier alpha value is -1.25. The quantitative estimate of drug-likeness (QED) is 0.762. The SMILES string of the molecule is CCC(C)c1cc(O)c(C)c(=O)o1. The summed E-state index contributed by atoms with van der Waals surface area (Å²) in [5.74, 6) is 0.737. The third-order valence-electron chi connectivity index (χ3n) is 2.28. The van der Waals surface area contributed by atoms with Crippen LogP contribution in [0.1, 0.15) is 37.5 Å². The summed E-state index contributed by atoms with van der Waals surface area (Å²) in [6.07, 6.45) is 0.880. The number of hydrogen-bond acceptors (Lipinski definition) is 3. The highest BCUT2D eigenvalue weighted by Gasteiger charge is 2.10. The summed E-state index contributed by atoms with van der Waals surface area (Å²) in [7, 11) is 0. The fraction of sp³-hybridized carbons (Fsp3) is 0.500. The maximum Gasteiger partial charge on any atom is 0.342 e. The molecule has 0 spiro atoms. The van der Waals surface area contributed by atoms with Crippen molar-refractivity contribution in [1.29, 1.82) is 0 Å². The Morgan fingerprint density at radius 2 is 2.23 bits per heavy atom. The van der Waals surface area contributed by atoms with Crippen LogP contribution >= 0.6 is 0 Å². The Kier molecular flexibility index (Phi) is 2.76. The molecule has 0 aromatic carbocycles. The first-order valence-corrected chi connectivity index (χ1v) is 4.39. The molecule has 0 saturated carbocycles. The minimum Gasteiger partial charge on any atom is -0.507 e. The van der Waals surface area contributed by atoms with Crippen molar-refractivity contribution in [1.82, 2.24) is 0 Å². The zero-order valence-corrected chi connectivity index (χ0v) is 8.13. The lowest BCUT2D eigenvalue weighted by atomic mass is 10.1. The van der Waals surface area contributed by atoms with E-state index in [2.05, 4.69) is 0 Å². The molecule has 0 bridgehead atoms. The van der Waals surface area contributed by atoms with Gasteiger partial charge in [0.1, 0.15) is 11.5 Å². The topological polar surface area (TPSA) is 50.4 Å². The first kappa shape index (κ1) is 9.84. The van der Waals surface area contributed by atoms with Gasteiger partial charge in [0.2, 0.25) is 0 Å². The van der Waals surface area contributed by atoms with Crippen LogP contribution in [-0.4, -0.2) is 5.11 Å². The van der Waals surface area contributed by atoms with Crippen LogP contribution in [0.4, 0.5) is 0 Å². The second-order valence-electron chi connectivity index (χ2n) is 3.26. The highest BCUT2D eigenvalue weighted by atomic mass is 16.4. The molecule has 1 rings (SSSR count). The summed E-state index contributed by atoms with van der Waals surface area (Å²) in [5, 5.41) is 9.37. The average molecular weight is 182 g/mol. The van der Waals surface area contributed by atoms with Crippen LogP contribution < -0.4 is 5.63 Å². The van der Waals surface area contributed by atoms with Gasteiger partial charge in [-0.1, -0.05) is 13.8 Å². The predicted octanol–water partition coefficient (Wildman–Crippen LogP) is 2.17. The van der Waals surface area contributed by atoms with Gasteiger partial charge >= 0.3 is 5.63 Å². The van der Waals surface area contributed by atoms with E-state index in [1.54, 1.807) is 6.92 Å². The number of rotatable bonds is 2. The van der Waals surface area contributed by atoms with Gasteiger partial charge in [-0.25, -0.2) is 4.79 Å². The Balaban J connectivity index is 3.21. The summed E-state index contributed by atoms with van der Waals surface area (Å²) in [5.41, 5.74) is -0.178. The van der Waals surface area contributed by atoms with Crippen molar-refractivity contribution in [3.8, 4) is 5.75 Å². The van der Waals surface area contributed by atoms with Gasteiger partial charge in [0.15, 0.2) is 0 Å². The largest absolute Gasteiger partial charge is 0.507 e. The van der Waals surface area contributed by atoms with Gasteiger partial charge in [0, 0.05) is 12.0 Å². The fourth-order valence-electron chi connectivity index (χ4n) is 1.00. The average Bonchev–Trinajstić information content (AvgIpc) is 2.12. The van der Waals surface area contributed by atoms with Crippen molar-refractivity contribution in [3.05, 3.63) is 27.8 Å². The molecule has 0 aliphatic carbocycles.